The summed E-state index contributed by atoms with van der Waals surface area (Å²) in [4.78, 5) is 11.8. The quantitative estimate of drug-likeness (QED) is 0.270. The molecule has 0 bridgehead atoms. The molecule has 0 saturated carbocycles. The Hall–Kier alpha value is -0.180. The van der Waals surface area contributed by atoms with E-state index in [9.17, 15) is 4.79 Å². The monoisotopic (exact) mass is 316 g/mol. The number of thiol groups is 1. The maximum atomic E-state index is 11.8. The molecule has 3 heteroatoms. The third kappa shape index (κ3) is 14.5. The molecule has 126 valence electrons. The Labute approximate surface area is 137 Å². The highest BCUT2D eigenvalue weighted by Crippen LogP contribution is 2.14. The van der Waals surface area contributed by atoms with Crippen molar-refractivity contribution in [1.82, 2.24) is 0 Å². The van der Waals surface area contributed by atoms with Gasteiger partial charge in [-0.25, -0.2) is 0 Å². The van der Waals surface area contributed by atoms with Crippen LogP contribution in [0.3, 0.4) is 0 Å². The van der Waals surface area contributed by atoms with Gasteiger partial charge in [0.15, 0.2) is 0 Å². The summed E-state index contributed by atoms with van der Waals surface area (Å²) in [5.41, 5.74) is 0. The summed E-state index contributed by atoms with van der Waals surface area (Å²) < 4.78 is 5.29. The van der Waals surface area contributed by atoms with Crippen LogP contribution in [0.2, 0.25) is 0 Å². The van der Waals surface area contributed by atoms with Crippen LogP contribution < -0.4 is 0 Å². The summed E-state index contributed by atoms with van der Waals surface area (Å²) in [6, 6.07) is 0. The highest BCUT2D eigenvalue weighted by Gasteiger charge is 2.14. The molecule has 0 amide bonds. The average Bonchev–Trinajstić information content (AvgIpc) is 2.41. The van der Waals surface area contributed by atoms with Crippen molar-refractivity contribution < 1.29 is 9.53 Å². The lowest BCUT2D eigenvalue weighted by Gasteiger charge is -2.11. The third-order valence-electron chi connectivity index (χ3n) is 3.70. The van der Waals surface area contributed by atoms with Gasteiger partial charge in [0.25, 0.3) is 0 Å². The lowest BCUT2D eigenvalue weighted by Crippen LogP contribution is -2.18. The number of unbranched alkanes of at least 4 members (excludes halogenated alkanes) is 4. The van der Waals surface area contributed by atoms with Crippen molar-refractivity contribution in [2.75, 3.05) is 6.61 Å². The number of esters is 1. The highest BCUT2D eigenvalue weighted by molar-refractivity contribution is 7.81. The van der Waals surface area contributed by atoms with E-state index in [0.29, 0.717) is 6.61 Å². The molecule has 2 nitrogen and oxygen atoms in total. The van der Waals surface area contributed by atoms with Gasteiger partial charge in [-0.05, 0) is 24.7 Å². The van der Waals surface area contributed by atoms with Gasteiger partial charge in [0.2, 0.25) is 0 Å². The Bertz CT molecular complexity index is 252. The van der Waals surface area contributed by atoms with E-state index in [0.717, 1.165) is 37.5 Å². The number of carbonyl (C=O) groups excluding carboxylic acids is 1. The van der Waals surface area contributed by atoms with Crippen molar-refractivity contribution in [2.45, 2.75) is 90.7 Å². The predicted octanol–water partition coefficient (Wildman–Crippen LogP) is 5.65. The van der Waals surface area contributed by atoms with Crippen molar-refractivity contribution in [1.29, 1.82) is 0 Å². The molecule has 0 spiro atoms. The van der Waals surface area contributed by atoms with Crippen LogP contribution >= 0.6 is 12.6 Å². The zero-order valence-corrected chi connectivity index (χ0v) is 15.5. The van der Waals surface area contributed by atoms with E-state index in [1.807, 2.05) is 0 Å². The zero-order valence-electron chi connectivity index (χ0n) is 14.6. The van der Waals surface area contributed by atoms with Crippen LogP contribution in [-0.4, -0.2) is 17.8 Å². The van der Waals surface area contributed by atoms with Crippen LogP contribution in [-0.2, 0) is 9.53 Å². The first-order valence-corrected chi connectivity index (χ1v) is 9.29. The second kappa shape index (κ2) is 13.5. The Morgan fingerprint density at radius 1 is 0.810 bits per heavy atom. The minimum Gasteiger partial charge on any atom is -0.465 e. The molecule has 0 saturated heterocycles. The second-order valence-electron chi connectivity index (χ2n) is 6.96. The Balaban J connectivity index is 3.44. The molecule has 0 heterocycles. The lowest BCUT2D eigenvalue weighted by molar-refractivity contribution is -0.143. The molecule has 0 N–H and O–H groups in total. The lowest BCUT2D eigenvalue weighted by atomic mass is 10.0. The van der Waals surface area contributed by atoms with Crippen molar-refractivity contribution in [2.24, 2.45) is 11.8 Å². The molecule has 0 aliphatic carbocycles. The molecule has 0 fully saturated rings. The van der Waals surface area contributed by atoms with Gasteiger partial charge in [-0.15, -0.1) is 0 Å². The van der Waals surface area contributed by atoms with Crippen LogP contribution in [0.1, 0.15) is 85.5 Å². The van der Waals surface area contributed by atoms with Gasteiger partial charge in [-0.3, -0.25) is 4.79 Å². The summed E-state index contributed by atoms with van der Waals surface area (Å²) in [5.74, 6) is 1.41. The van der Waals surface area contributed by atoms with E-state index in [-0.39, 0.29) is 11.2 Å². The number of rotatable bonds is 13. The maximum Gasteiger partial charge on any atom is 0.318 e. The van der Waals surface area contributed by atoms with E-state index in [4.69, 9.17) is 4.74 Å². The molecule has 0 aliphatic rings. The van der Waals surface area contributed by atoms with E-state index >= 15 is 0 Å². The Morgan fingerprint density at radius 3 is 1.81 bits per heavy atom. The zero-order chi connectivity index (χ0) is 16.1. The van der Waals surface area contributed by atoms with E-state index in [2.05, 4.69) is 40.3 Å². The van der Waals surface area contributed by atoms with Crippen LogP contribution in [0.4, 0.5) is 0 Å². The van der Waals surface area contributed by atoms with Gasteiger partial charge in [-0.2, -0.15) is 12.6 Å². The minimum atomic E-state index is -0.236. The summed E-state index contributed by atoms with van der Waals surface area (Å²) in [5, 5.41) is -0.236. The molecule has 1 atom stereocenters. The fraction of sp³-hybridized carbons (Fsp3) is 0.944. The molecular formula is C18H36O2S. The topological polar surface area (TPSA) is 26.3 Å². The van der Waals surface area contributed by atoms with E-state index in [1.165, 1.54) is 32.1 Å². The van der Waals surface area contributed by atoms with E-state index in [1.54, 1.807) is 0 Å². The van der Waals surface area contributed by atoms with Crippen LogP contribution in [0, 0.1) is 11.8 Å². The van der Waals surface area contributed by atoms with Gasteiger partial charge in [0, 0.05) is 0 Å². The molecule has 1 unspecified atom stereocenters. The third-order valence-corrected chi connectivity index (χ3v) is 4.17. The number of carbonyl (C=O) groups is 1. The second-order valence-corrected chi connectivity index (χ2v) is 7.58. The normalized spacial score (nSPS) is 12.9. The largest absolute Gasteiger partial charge is 0.465 e. The molecule has 0 radical (unpaired) electrons. The first-order chi connectivity index (χ1) is 9.93. The average molecular weight is 317 g/mol. The summed E-state index contributed by atoms with van der Waals surface area (Å²) in [7, 11) is 0. The predicted molar refractivity (Wildman–Crippen MR) is 95.0 cm³/mol. The van der Waals surface area contributed by atoms with Gasteiger partial charge >= 0.3 is 5.97 Å². The standard InChI is InChI=1S/C18H36O2S/c1-15(2)11-7-5-9-13-17(21)18(19)20-14-10-6-8-12-16(3)4/h15-17,21H,5-14H2,1-4H3. The van der Waals surface area contributed by atoms with Crippen molar-refractivity contribution in [3.05, 3.63) is 0 Å². The molecule has 21 heavy (non-hydrogen) atoms. The SMILES string of the molecule is CC(C)CCCCCOC(=O)C(S)CCCCCC(C)C. The highest BCUT2D eigenvalue weighted by atomic mass is 32.1. The van der Waals surface area contributed by atoms with Crippen LogP contribution in [0.25, 0.3) is 0 Å². The van der Waals surface area contributed by atoms with Crippen LogP contribution in [0.5, 0.6) is 0 Å². The van der Waals surface area contributed by atoms with Gasteiger partial charge < -0.3 is 4.74 Å². The summed E-state index contributed by atoms with van der Waals surface area (Å²) in [6.07, 6.45) is 10.3. The van der Waals surface area contributed by atoms with Crippen molar-refractivity contribution >= 4 is 18.6 Å². The first kappa shape index (κ1) is 20.8. The first-order valence-electron chi connectivity index (χ1n) is 8.78. The number of hydrogen-bond donors (Lipinski definition) is 1. The van der Waals surface area contributed by atoms with Crippen molar-refractivity contribution in [3.63, 3.8) is 0 Å². The van der Waals surface area contributed by atoms with Crippen LogP contribution in [0.15, 0.2) is 0 Å². The van der Waals surface area contributed by atoms with Gasteiger partial charge in [0.1, 0.15) is 0 Å². The fourth-order valence-electron chi connectivity index (χ4n) is 2.29. The molecular weight excluding hydrogens is 280 g/mol. The summed E-state index contributed by atoms with van der Waals surface area (Å²) in [6.45, 7) is 9.54. The fourth-order valence-corrected chi connectivity index (χ4v) is 2.54. The number of hydrogen-bond acceptors (Lipinski definition) is 3. The molecule has 0 rings (SSSR count). The smallest absolute Gasteiger partial charge is 0.318 e. The molecule has 0 aromatic heterocycles. The maximum absolute atomic E-state index is 11.8. The van der Waals surface area contributed by atoms with Crippen molar-refractivity contribution in [3.8, 4) is 0 Å². The summed E-state index contributed by atoms with van der Waals surface area (Å²) >= 11 is 4.36. The molecule has 0 aromatic rings. The Kier molecular flexibility index (Phi) is 13.4. The molecule has 0 aromatic carbocycles. The van der Waals surface area contributed by atoms with Gasteiger partial charge in [0.05, 0.1) is 11.9 Å². The Morgan fingerprint density at radius 2 is 1.29 bits per heavy atom. The minimum absolute atomic E-state index is 0.133. The molecule has 0 aliphatic heterocycles. The van der Waals surface area contributed by atoms with E-state index < -0.39 is 0 Å². The van der Waals surface area contributed by atoms with Gasteiger partial charge in [-0.1, -0.05) is 72.6 Å². The number of ether oxygens (including phenoxy) is 1.